The van der Waals surface area contributed by atoms with Gasteiger partial charge in [-0.25, -0.2) is 0 Å². The summed E-state index contributed by atoms with van der Waals surface area (Å²) in [4.78, 5) is 11.4. The van der Waals surface area contributed by atoms with Crippen molar-refractivity contribution < 1.29 is 4.42 Å². The maximum atomic E-state index is 6.43. The van der Waals surface area contributed by atoms with Crippen LogP contribution in [0.25, 0.3) is 83.2 Å². The molecule has 0 radical (unpaired) electrons. The summed E-state index contributed by atoms with van der Waals surface area (Å²) in [5.41, 5.74) is 10.5. The number of furan rings is 1. The molecule has 0 aliphatic carbocycles. The van der Waals surface area contributed by atoms with Gasteiger partial charge < -0.3 is 0 Å². The molecule has 3 aromatic heterocycles. The van der Waals surface area contributed by atoms with E-state index in [0.29, 0.717) is 0 Å². The number of rotatable bonds is 5. The van der Waals surface area contributed by atoms with Crippen LogP contribution in [0, 0.1) is 0 Å². The van der Waals surface area contributed by atoms with E-state index < -0.39 is 13.3 Å². The molecule has 0 unspecified atom stereocenters. The fourth-order valence-electron chi connectivity index (χ4n) is 9.50. The number of fused-ring (bicyclic) bond motifs is 9. The Kier molecular flexibility index (Phi) is 7.07. The van der Waals surface area contributed by atoms with Gasteiger partial charge in [-0.15, -0.1) is 0 Å². The van der Waals surface area contributed by atoms with Gasteiger partial charge in [0.1, 0.15) is 0 Å². The molecule has 0 saturated heterocycles. The number of hydrogen-bond acceptors (Lipinski definition) is 3. The Morgan fingerprint density at radius 3 is 1.82 bits per heavy atom. The van der Waals surface area contributed by atoms with Crippen molar-refractivity contribution in [3.8, 4) is 39.5 Å². The Morgan fingerprint density at radius 1 is 0.439 bits per heavy atom. The summed E-state index contributed by atoms with van der Waals surface area (Å²) in [6.45, 7) is 0. The predicted molar refractivity (Wildman–Crippen MR) is 237 cm³/mol. The van der Waals surface area contributed by atoms with E-state index in [4.69, 9.17) is 14.4 Å². The minimum atomic E-state index is -3.73. The standard InChI is InChI=1S/C52H33GeN3O/c1-4-18-34(19-5-1)52-54-50(49-39-26-10-14-28-43(39)53(51(49)55-52,35-20-6-2-7-21-35)36-22-8-3-9-23-36)40-27-12-16-30-45(40)56-44-29-15-11-24-37(44)41-33-48-42(32-46(41)56)38-25-13-17-31-47(38)57-48/h1-33H. The third-order valence-corrected chi connectivity index (χ3v) is 21.8. The Labute approximate surface area is 331 Å². The van der Waals surface area contributed by atoms with Crippen LogP contribution < -0.4 is 17.7 Å². The monoisotopic (exact) mass is 789 g/mol. The summed E-state index contributed by atoms with van der Waals surface area (Å²) < 4.78 is 14.1. The van der Waals surface area contributed by atoms with Crippen LogP contribution in [0.1, 0.15) is 0 Å². The maximum absolute atomic E-state index is 6.43. The van der Waals surface area contributed by atoms with Gasteiger partial charge in [0.15, 0.2) is 0 Å². The van der Waals surface area contributed by atoms with E-state index in [-0.39, 0.29) is 0 Å². The molecular weight excluding hydrogens is 755 g/mol. The van der Waals surface area contributed by atoms with Crippen molar-refractivity contribution in [3.63, 3.8) is 0 Å². The van der Waals surface area contributed by atoms with Crippen molar-refractivity contribution in [2.45, 2.75) is 0 Å². The van der Waals surface area contributed by atoms with Gasteiger partial charge in [0.25, 0.3) is 0 Å². The van der Waals surface area contributed by atoms with Gasteiger partial charge in [-0.1, -0.05) is 6.07 Å². The van der Waals surface area contributed by atoms with Crippen molar-refractivity contribution in [2.24, 2.45) is 0 Å². The SMILES string of the molecule is c1ccc(-c2nc(-c3ccccc3-n3c4ccccc4c4cc5oc6ccccc6c5cc43)c3[c](n2)[Ge]([c]2ccccc2)([c]2ccccc2)[c]2ccccc2-3)cc1. The van der Waals surface area contributed by atoms with Crippen LogP contribution >= 0.6 is 0 Å². The average Bonchev–Trinajstić information content (AvgIpc) is 3.92. The molecule has 0 amide bonds. The second-order valence-electron chi connectivity index (χ2n) is 14.8. The first-order valence-electron chi connectivity index (χ1n) is 19.4. The molecule has 0 fully saturated rings. The van der Waals surface area contributed by atoms with Crippen LogP contribution in [-0.4, -0.2) is 27.8 Å². The zero-order valence-corrected chi connectivity index (χ0v) is 32.9. The molecule has 0 spiro atoms. The first-order valence-corrected chi connectivity index (χ1v) is 23.6. The molecule has 1 aliphatic rings. The molecule has 12 rings (SSSR count). The zero-order valence-electron chi connectivity index (χ0n) is 30.8. The normalized spacial score (nSPS) is 13.1. The van der Waals surface area contributed by atoms with Crippen molar-refractivity contribution in [2.75, 3.05) is 0 Å². The molecular formula is C52H33GeN3O. The van der Waals surface area contributed by atoms with Crippen molar-refractivity contribution in [1.29, 1.82) is 0 Å². The number of nitrogens with zero attached hydrogens (tertiary/aromatic N) is 3. The van der Waals surface area contributed by atoms with E-state index in [9.17, 15) is 0 Å². The van der Waals surface area contributed by atoms with Crippen molar-refractivity contribution in [1.82, 2.24) is 14.5 Å². The van der Waals surface area contributed by atoms with Crippen LogP contribution in [0.3, 0.4) is 0 Å². The topological polar surface area (TPSA) is 43.9 Å². The Morgan fingerprint density at radius 2 is 1.05 bits per heavy atom. The van der Waals surface area contributed by atoms with E-state index in [1.165, 1.54) is 28.7 Å². The van der Waals surface area contributed by atoms with Gasteiger partial charge in [-0.3, -0.25) is 0 Å². The summed E-state index contributed by atoms with van der Waals surface area (Å²) in [5.74, 6) is 0.739. The van der Waals surface area contributed by atoms with Crippen LogP contribution in [-0.2, 0) is 0 Å². The predicted octanol–water partition coefficient (Wildman–Crippen LogP) is 10.2. The van der Waals surface area contributed by atoms with Gasteiger partial charge in [0.2, 0.25) is 0 Å². The molecule has 4 nitrogen and oxygen atoms in total. The number of hydrogen-bond donors (Lipinski definition) is 0. The van der Waals surface area contributed by atoms with Crippen LogP contribution in [0.5, 0.6) is 0 Å². The molecule has 0 N–H and O–H groups in total. The molecule has 0 atom stereocenters. The molecule has 8 aromatic carbocycles. The van der Waals surface area contributed by atoms with Crippen molar-refractivity contribution >= 4 is 74.7 Å². The first-order chi connectivity index (χ1) is 28.3. The second-order valence-corrected chi connectivity index (χ2v) is 22.5. The second kappa shape index (κ2) is 12.5. The first kappa shape index (κ1) is 32.2. The quantitative estimate of drug-likeness (QED) is 0.163. The molecule has 5 heteroatoms. The number of benzene rings is 8. The third-order valence-electron chi connectivity index (χ3n) is 11.9. The van der Waals surface area contributed by atoms with E-state index in [1.54, 1.807) is 0 Å². The average molecular weight is 788 g/mol. The van der Waals surface area contributed by atoms with Gasteiger partial charge in [-0.2, -0.15) is 0 Å². The van der Waals surface area contributed by atoms with Crippen molar-refractivity contribution in [3.05, 3.63) is 200 Å². The fraction of sp³-hybridized carbons (Fsp3) is 0. The summed E-state index contributed by atoms with van der Waals surface area (Å²) in [7, 11) is 0. The Hall–Kier alpha value is -7.02. The van der Waals surface area contributed by atoms with Gasteiger partial charge in [-0.05, 0) is 0 Å². The Balaban J connectivity index is 1.23. The summed E-state index contributed by atoms with van der Waals surface area (Å²) in [5, 5.41) is 4.54. The number of aromatic nitrogens is 3. The van der Waals surface area contributed by atoms with Crippen LogP contribution in [0.15, 0.2) is 205 Å². The van der Waals surface area contributed by atoms with E-state index in [2.05, 4.69) is 199 Å². The molecule has 11 aromatic rings. The number of para-hydroxylation sites is 3. The molecule has 0 bridgehead atoms. The van der Waals surface area contributed by atoms with E-state index in [1.807, 2.05) is 6.07 Å². The fourth-order valence-corrected chi connectivity index (χ4v) is 20.0. The van der Waals surface area contributed by atoms with Crippen LogP contribution in [0.4, 0.5) is 0 Å². The van der Waals surface area contributed by atoms with Gasteiger partial charge in [0, 0.05) is 0 Å². The van der Waals surface area contributed by atoms with Gasteiger partial charge >= 0.3 is 327 Å². The summed E-state index contributed by atoms with van der Waals surface area (Å²) in [6, 6.07) is 72.2. The van der Waals surface area contributed by atoms with Crippen LogP contribution in [0.2, 0.25) is 0 Å². The molecule has 4 heterocycles. The zero-order chi connectivity index (χ0) is 37.5. The molecule has 0 saturated carbocycles. The summed E-state index contributed by atoms with van der Waals surface area (Å²) >= 11 is -3.73. The van der Waals surface area contributed by atoms with Gasteiger partial charge in [0.05, 0.1) is 0 Å². The summed E-state index contributed by atoms with van der Waals surface area (Å²) in [6.07, 6.45) is 0. The molecule has 266 valence electrons. The molecule has 1 aliphatic heterocycles. The third kappa shape index (κ3) is 4.62. The minimum absolute atomic E-state index is 0.739. The Bertz CT molecular complexity index is 3310. The van der Waals surface area contributed by atoms with E-state index in [0.717, 1.165) is 72.3 Å². The molecule has 57 heavy (non-hydrogen) atoms. The van der Waals surface area contributed by atoms with E-state index >= 15 is 0 Å².